The van der Waals surface area contributed by atoms with Crippen molar-refractivity contribution in [2.45, 2.75) is 26.3 Å². The highest BCUT2D eigenvalue weighted by Gasteiger charge is 2.02. The van der Waals surface area contributed by atoms with E-state index >= 15 is 0 Å². The summed E-state index contributed by atoms with van der Waals surface area (Å²) in [4.78, 5) is 0. The third kappa shape index (κ3) is 1.81. The summed E-state index contributed by atoms with van der Waals surface area (Å²) in [7, 11) is 0. The zero-order valence-corrected chi connectivity index (χ0v) is 7.17. The molecule has 0 amide bonds. The standard InChI is InChI=1S/C10H15N/c1-8(2)10-6-4-3-5-9(10)7-11/h3-6,8H,7,11H2,1-2H3. The van der Waals surface area contributed by atoms with E-state index in [4.69, 9.17) is 5.73 Å². The molecule has 0 aliphatic heterocycles. The first kappa shape index (κ1) is 8.28. The summed E-state index contributed by atoms with van der Waals surface area (Å²) in [5, 5.41) is 0. The lowest BCUT2D eigenvalue weighted by Crippen LogP contribution is -2.02. The lowest BCUT2D eigenvalue weighted by molar-refractivity contribution is 0.839. The van der Waals surface area contributed by atoms with Gasteiger partial charge in [-0.1, -0.05) is 38.1 Å². The summed E-state index contributed by atoms with van der Waals surface area (Å²) >= 11 is 0. The van der Waals surface area contributed by atoms with Crippen LogP contribution in [0.3, 0.4) is 0 Å². The average Bonchev–Trinajstić information content (AvgIpc) is 2.04. The second kappa shape index (κ2) is 3.54. The molecular weight excluding hydrogens is 134 g/mol. The van der Waals surface area contributed by atoms with E-state index in [2.05, 4.69) is 32.0 Å². The predicted molar refractivity (Wildman–Crippen MR) is 48.4 cm³/mol. The third-order valence-corrected chi connectivity index (χ3v) is 1.90. The average molecular weight is 149 g/mol. The zero-order valence-electron chi connectivity index (χ0n) is 7.17. The van der Waals surface area contributed by atoms with E-state index in [0.29, 0.717) is 12.5 Å². The Kier molecular flexibility index (Phi) is 2.66. The van der Waals surface area contributed by atoms with Crippen LogP contribution in [-0.2, 0) is 6.54 Å². The molecule has 60 valence electrons. The minimum absolute atomic E-state index is 0.578. The van der Waals surface area contributed by atoms with E-state index in [1.54, 1.807) is 0 Å². The van der Waals surface area contributed by atoms with Gasteiger partial charge in [0.1, 0.15) is 0 Å². The van der Waals surface area contributed by atoms with Crippen LogP contribution in [-0.4, -0.2) is 0 Å². The Morgan fingerprint density at radius 3 is 2.36 bits per heavy atom. The van der Waals surface area contributed by atoms with Gasteiger partial charge in [0.15, 0.2) is 0 Å². The van der Waals surface area contributed by atoms with Crippen molar-refractivity contribution in [3.05, 3.63) is 35.4 Å². The Morgan fingerprint density at radius 1 is 1.27 bits per heavy atom. The molecule has 0 spiro atoms. The predicted octanol–water partition coefficient (Wildman–Crippen LogP) is 2.27. The Bertz CT molecular complexity index is 228. The highest BCUT2D eigenvalue weighted by atomic mass is 14.5. The topological polar surface area (TPSA) is 26.0 Å². The Labute approximate surface area is 68.2 Å². The van der Waals surface area contributed by atoms with Gasteiger partial charge >= 0.3 is 0 Å². The molecule has 0 aromatic heterocycles. The largest absolute Gasteiger partial charge is 0.326 e. The molecule has 11 heavy (non-hydrogen) atoms. The number of rotatable bonds is 2. The van der Waals surface area contributed by atoms with E-state index in [1.165, 1.54) is 11.1 Å². The molecule has 0 saturated heterocycles. The number of hydrogen-bond donors (Lipinski definition) is 1. The summed E-state index contributed by atoms with van der Waals surface area (Å²) in [5.41, 5.74) is 8.23. The molecule has 1 heteroatoms. The molecule has 1 aromatic carbocycles. The summed E-state index contributed by atoms with van der Waals surface area (Å²) in [6, 6.07) is 8.34. The molecule has 1 aromatic rings. The SMILES string of the molecule is CC(C)c1ccccc1CN. The van der Waals surface area contributed by atoms with Gasteiger partial charge < -0.3 is 5.73 Å². The fourth-order valence-electron chi connectivity index (χ4n) is 1.28. The van der Waals surface area contributed by atoms with Crippen LogP contribution >= 0.6 is 0 Å². The molecule has 0 unspecified atom stereocenters. The van der Waals surface area contributed by atoms with Crippen molar-refractivity contribution < 1.29 is 0 Å². The van der Waals surface area contributed by atoms with Crippen LogP contribution in [0.25, 0.3) is 0 Å². The second-order valence-electron chi connectivity index (χ2n) is 3.06. The van der Waals surface area contributed by atoms with Gasteiger partial charge in [-0.15, -0.1) is 0 Å². The van der Waals surface area contributed by atoms with Crippen molar-refractivity contribution in [2.75, 3.05) is 0 Å². The van der Waals surface area contributed by atoms with E-state index in [0.717, 1.165) is 0 Å². The minimum atomic E-state index is 0.578. The van der Waals surface area contributed by atoms with Crippen molar-refractivity contribution in [1.82, 2.24) is 0 Å². The number of benzene rings is 1. The first-order valence-corrected chi connectivity index (χ1v) is 4.03. The lowest BCUT2D eigenvalue weighted by atomic mass is 9.97. The minimum Gasteiger partial charge on any atom is -0.326 e. The fourth-order valence-corrected chi connectivity index (χ4v) is 1.28. The molecule has 0 fully saturated rings. The smallest absolute Gasteiger partial charge is 0.0180 e. The van der Waals surface area contributed by atoms with Crippen LogP contribution in [0.1, 0.15) is 30.9 Å². The molecule has 1 rings (SSSR count). The molecule has 0 radical (unpaired) electrons. The van der Waals surface area contributed by atoms with Crippen molar-refractivity contribution in [3.63, 3.8) is 0 Å². The highest BCUT2D eigenvalue weighted by molar-refractivity contribution is 5.29. The van der Waals surface area contributed by atoms with Crippen LogP contribution in [0.5, 0.6) is 0 Å². The third-order valence-electron chi connectivity index (χ3n) is 1.90. The normalized spacial score (nSPS) is 10.5. The maximum atomic E-state index is 5.59. The van der Waals surface area contributed by atoms with Crippen LogP contribution in [0.2, 0.25) is 0 Å². The lowest BCUT2D eigenvalue weighted by Gasteiger charge is -2.09. The second-order valence-corrected chi connectivity index (χ2v) is 3.06. The summed E-state index contributed by atoms with van der Waals surface area (Å²) in [6.07, 6.45) is 0. The number of hydrogen-bond acceptors (Lipinski definition) is 1. The summed E-state index contributed by atoms with van der Waals surface area (Å²) in [5.74, 6) is 0.578. The van der Waals surface area contributed by atoms with E-state index in [-0.39, 0.29) is 0 Å². The molecule has 0 aliphatic carbocycles. The molecule has 1 nitrogen and oxygen atoms in total. The van der Waals surface area contributed by atoms with Gasteiger partial charge in [-0.3, -0.25) is 0 Å². The first-order chi connectivity index (χ1) is 5.25. The molecule has 0 atom stereocenters. The van der Waals surface area contributed by atoms with Crippen molar-refractivity contribution in [3.8, 4) is 0 Å². The fraction of sp³-hybridized carbons (Fsp3) is 0.400. The maximum absolute atomic E-state index is 5.59. The van der Waals surface area contributed by atoms with Crippen LogP contribution in [0.4, 0.5) is 0 Å². The maximum Gasteiger partial charge on any atom is 0.0180 e. The van der Waals surface area contributed by atoms with Gasteiger partial charge in [-0.2, -0.15) is 0 Å². The van der Waals surface area contributed by atoms with Crippen molar-refractivity contribution >= 4 is 0 Å². The Morgan fingerprint density at radius 2 is 1.91 bits per heavy atom. The van der Waals surface area contributed by atoms with Gasteiger partial charge in [-0.25, -0.2) is 0 Å². The van der Waals surface area contributed by atoms with E-state index in [1.807, 2.05) is 6.07 Å². The van der Waals surface area contributed by atoms with Gasteiger partial charge in [0, 0.05) is 6.54 Å². The monoisotopic (exact) mass is 149 g/mol. The van der Waals surface area contributed by atoms with Crippen LogP contribution in [0, 0.1) is 0 Å². The van der Waals surface area contributed by atoms with Crippen LogP contribution in [0.15, 0.2) is 24.3 Å². The highest BCUT2D eigenvalue weighted by Crippen LogP contribution is 2.17. The molecule has 2 N–H and O–H groups in total. The summed E-state index contributed by atoms with van der Waals surface area (Å²) < 4.78 is 0. The van der Waals surface area contributed by atoms with Crippen molar-refractivity contribution in [2.24, 2.45) is 5.73 Å². The molecular formula is C10H15N. The number of nitrogens with two attached hydrogens (primary N) is 1. The Hall–Kier alpha value is -0.820. The van der Waals surface area contributed by atoms with Crippen LogP contribution < -0.4 is 5.73 Å². The summed E-state index contributed by atoms with van der Waals surface area (Å²) in [6.45, 7) is 5.03. The Balaban J connectivity index is 3.02. The van der Waals surface area contributed by atoms with Crippen molar-refractivity contribution in [1.29, 1.82) is 0 Å². The zero-order chi connectivity index (χ0) is 8.27. The van der Waals surface area contributed by atoms with Gasteiger partial charge in [0.05, 0.1) is 0 Å². The molecule has 0 saturated carbocycles. The first-order valence-electron chi connectivity index (χ1n) is 4.03. The van der Waals surface area contributed by atoms with Gasteiger partial charge in [0.25, 0.3) is 0 Å². The molecule has 0 heterocycles. The molecule has 0 aliphatic rings. The van der Waals surface area contributed by atoms with E-state index < -0.39 is 0 Å². The quantitative estimate of drug-likeness (QED) is 0.685. The van der Waals surface area contributed by atoms with Gasteiger partial charge in [-0.05, 0) is 17.0 Å². The van der Waals surface area contributed by atoms with E-state index in [9.17, 15) is 0 Å². The van der Waals surface area contributed by atoms with Gasteiger partial charge in [0.2, 0.25) is 0 Å². The molecule has 0 bridgehead atoms.